The van der Waals surface area contributed by atoms with Gasteiger partial charge in [-0.3, -0.25) is 10.1 Å². The van der Waals surface area contributed by atoms with E-state index in [1.807, 2.05) is 0 Å². The highest BCUT2D eigenvalue weighted by molar-refractivity contribution is 5.64. The Morgan fingerprint density at radius 1 is 1.47 bits per heavy atom. The smallest absolute Gasteiger partial charge is 0.404 e. The fourth-order valence-corrected chi connectivity index (χ4v) is 1.32. The van der Waals surface area contributed by atoms with Gasteiger partial charge in [0.2, 0.25) is 0 Å². The van der Waals surface area contributed by atoms with Crippen molar-refractivity contribution >= 4 is 11.8 Å². The van der Waals surface area contributed by atoms with Crippen molar-refractivity contribution in [3.8, 4) is 0 Å². The zero-order valence-electron chi connectivity index (χ0n) is 8.91. The molecule has 3 N–H and O–H groups in total. The molecule has 0 saturated carbocycles. The number of nitrogens with zero attached hydrogens (tertiary/aromatic N) is 1. The molecule has 17 heavy (non-hydrogen) atoms. The molecule has 0 aliphatic rings. The van der Waals surface area contributed by atoms with Crippen molar-refractivity contribution < 1.29 is 19.6 Å². The number of nitro groups is 1. The fourth-order valence-electron chi connectivity index (χ4n) is 1.32. The van der Waals surface area contributed by atoms with E-state index in [4.69, 9.17) is 10.8 Å². The van der Waals surface area contributed by atoms with Crippen molar-refractivity contribution in [2.45, 2.75) is 12.5 Å². The van der Waals surface area contributed by atoms with Gasteiger partial charge in [-0.1, -0.05) is 12.1 Å². The molecule has 1 atom stereocenters. The van der Waals surface area contributed by atoms with Crippen molar-refractivity contribution in [2.75, 3.05) is 6.61 Å². The van der Waals surface area contributed by atoms with Gasteiger partial charge in [0.05, 0.1) is 11.5 Å². The molecule has 0 aromatic heterocycles. The van der Waals surface area contributed by atoms with E-state index >= 15 is 0 Å². The minimum Gasteiger partial charge on any atom is -0.444 e. The summed E-state index contributed by atoms with van der Waals surface area (Å²) in [6.07, 6.45) is -1.46. The molecule has 7 nitrogen and oxygen atoms in total. The molecule has 1 amide bonds. The van der Waals surface area contributed by atoms with Gasteiger partial charge in [-0.25, -0.2) is 4.79 Å². The van der Waals surface area contributed by atoms with Crippen molar-refractivity contribution in [2.24, 2.45) is 5.73 Å². The quantitative estimate of drug-likeness (QED) is 0.577. The number of amides is 1. The highest BCUT2D eigenvalue weighted by Crippen LogP contribution is 2.13. The summed E-state index contributed by atoms with van der Waals surface area (Å²) in [6.45, 7) is -0.361. The van der Waals surface area contributed by atoms with Gasteiger partial charge >= 0.3 is 6.09 Å². The number of nitrogens with two attached hydrogens (primary N) is 1. The summed E-state index contributed by atoms with van der Waals surface area (Å²) in [5, 5.41) is 19.4. The Hall–Kier alpha value is -2.15. The maximum atomic E-state index is 10.5. The Balaban J connectivity index is 2.67. The number of ether oxygens (including phenoxy) is 1. The molecule has 1 unspecified atom stereocenters. The van der Waals surface area contributed by atoms with Crippen LogP contribution in [0.4, 0.5) is 10.5 Å². The second kappa shape index (κ2) is 5.80. The Labute approximate surface area is 97.0 Å². The molecule has 1 aromatic rings. The van der Waals surface area contributed by atoms with E-state index in [-0.39, 0.29) is 18.7 Å². The Morgan fingerprint density at radius 3 is 2.47 bits per heavy atom. The minimum atomic E-state index is -0.967. The Bertz CT molecular complexity index is 404. The third-order valence-electron chi connectivity index (χ3n) is 2.10. The first-order chi connectivity index (χ1) is 8.02. The van der Waals surface area contributed by atoms with Crippen molar-refractivity contribution in [1.82, 2.24) is 0 Å². The predicted molar refractivity (Wildman–Crippen MR) is 58.3 cm³/mol. The Morgan fingerprint density at radius 2 is 2.06 bits per heavy atom. The number of carbonyl (C=O) groups is 1. The third kappa shape index (κ3) is 4.07. The number of aliphatic hydroxyl groups is 1. The van der Waals surface area contributed by atoms with Crippen molar-refractivity contribution in [3.05, 3.63) is 39.9 Å². The molecule has 0 bridgehead atoms. The second-order valence-corrected chi connectivity index (χ2v) is 3.37. The van der Waals surface area contributed by atoms with Gasteiger partial charge in [-0.2, -0.15) is 0 Å². The van der Waals surface area contributed by atoms with E-state index in [0.717, 1.165) is 0 Å². The van der Waals surface area contributed by atoms with E-state index < -0.39 is 17.1 Å². The van der Waals surface area contributed by atoms with Gasteiger partial charge in [0.25, 0.3) is 5.69 Å². The van der Waals surface area contributed by atoms with Gasteiger partial charge in [0, 0.05) is 18.6 Å². The lowest BCUT2D eigenvalue weighted by Gasteiger charge is -2.13. The second-order valence-electron chi connectivity index (χ2n) is 3.37. The van der Waals surface area contributed by atoms with E-state index in [1.165, 1.54) is 24.3 Å². The number of benzene rings is 1. The zero-order chi connectivity index (χ0) is 12.8. The van der Waals surface area contributed by atoms with Crippen LogP contribution in [-0.4, -0.2) is 28.8 Å². The van der Waals surface area contributed by atoms with Crippen LogP contribution in [0.5, 0.6) is 0 Å². The maximum Gasteiger partial charge on any atom is 0.404 e. The fraction of sp³-hybridized carbons (Fsp3) is 0.300. The molecule has 0 aliphatic heterocycles. The van der Waals surface area contributed by atoms with Crippen LogP contribution in [0.15, 0.2) is 24.3 Å². The summed E-state index contributed by atoms with van der Waals surface area (Å²) >= 11 is 0. The molecular formula is C10H12N2O5. The van der Waals surface area contributed by atoms with Crippen LogP contribution >= 0.6 is 0 Å². The molecule has 0 fully saturated rings. The average molecular weight is 240 g/mol. The van der Waals surface area contributed by atoms with E-state index in [9.17, 15) is 14.9 Å². The summed E-state index contributed by atoms with van der Waals surface area (Å²) in [5.41, 5.74) is 5.51. The Kier molecular flexibility index (Phi) is 4.41. The summed E-state index contributed by atoms with van der Waals surface area (Å²) in [5.74, 6) is 0. The number of carbonyl (C=O) groups excluding carboxylic acids is 1. The average Bonchev–Trinajstić information content (AvgIpc) is 2.28. The number of aliphatic hydroxyl groups excluding tert-OH is 1. The lowest BCUT2D eigenvalue weighted by molar-refractivity contribution is -0.384. The van der Waals surface area contributed by atoms with Crippen LogP contribution in [0.25, 0.3) is 0 Å². The van der Waals surface area contributed by atoms with Crippen LogP contribution in [0.1, 0.15) is 5.56 Å². The van der Waals surface area contributed by atoms with E-state index in [0.29, 0.717) is 5.56 Å². The number of non-ortho nitro benzene ring substituents is 1. The predicted octanol–water partition coefficient (Wildman–Crippen LogP) is 0.594. The molecule has 7 heteroatoms. The first-order valence-electron chi connectivity index (χ1n) is 4.83. The van der Waals surface area contributed by atoms with Crippen molar-refractivity contribution in [1.29, 1.82) is 0 Å². The van der Waals surface area contributed by atoms with Crippen LogP contribution in [0.3, 0.4) is 0 Å². The molecular weight excluding hydrogens is 228 g/mol. The zero-order valence-corrected chi connectivity index (χ0v) is 8.91. The molecule has 0 radical (unpaired) electrons. The summed E-state index contributed by atoms with van der Waals surface area (Å²) in [6, 6.07) is 5.75. The third-order valence-corrected chi connectivity index (χ3v) is 2.10. The van der Waals surface area contributed by atoms with Gasteiger partial charge in [0.15, 0.2) is 0 Å². The van der Waals surface area contributed by atoms with Gasteiger partial charge in [-0.15, -0.1) is 0 Å². The molecule has 0 aliphatic carbocycles. The summed E-state index contributed by atoms with van der Waals surface area (Å²) in [7, 11) is 0. The summed E-state index contributed by atoms with van der Waals surface area (Å²) < 4.78 is 4.64. The lowest BCUT2D eigenvalue weighted by Crippen LogP contribution is -2.27. The topological polar surface area (TPSA) is 116 Å². The van der Waals surface area contributed by atoms with Gasteiger partial charge < -0.3 is 15.6 Å². The normalized spacial score (nSPS) is 11.8. The minimum absolute atomic E-state index is 0.0230. The SMILES string of the molecule is NC(=O)OC(CO)Cc1ccc([N+](=O)[O-])cc1. The molecule has 1 rings (SSSR count). The molecule has 1 aromatic carbocycles. The number of primary amides is 1. The van der Waals surface area contributed by atoms with Crippen LogP contribution in [0.2, 0.25) is 0 Å². The number of rotatable bonds is 5. The lowest BCUT2D eigenvalue weighted by atomic mass is 10.1. The first-order valence-corrected chi connectivity index (χ1v) is 4.83. The largest absolute Gasteiger partial charge is 0.444 e. The van der Waals surface area contributed by atoms with E-state index in [1.54, 1.807) is 0 Å². The highest BCUT2D eigenvalue weighted by Gasteiger charge is 2.13. The van der Waals surface area contributed by atoms with Crippen LogP contribution in [-0.2, 0) is 11.2 Å². The number of hydrogen-bond donors (Lipinski definition) is 2. The summed E-state index contributed by atoms with van der Waals surface area (Å²) in [4.78, 5) is 20.4. The standard InChI is InChI=1S/C10H12N2O5/c11-10(14)17-9(6-13)5-7-1-3-8(4-2-7)12(15)16/h1-4,9,13H,5-6H2,(H2,11,14). The van der Waals surface area contributed by atoms with Crippen LogP contribution < -0.4 is 5.73 Å². The van der Waals surface area contributed by atoms with Gasteiger partial charge in [-0.05, 0) is 5.56 Å². The first kappa shape index (κ1) is 12.9. The monoisotopic (exact) mass is 240 g/mol. The molecule has 0 saturated heterocycles. The maximum absolute atomic E-state index is 10.5. The van der Waals surface area contributed by atoms with E-state index in [2.05, 4.69) is 4.74 Å². The van der Waals surface area contributed by atoms with Gasteiger partial charge in [0.1, 0.15) is 6.10 Å². The van der Waals surface area contributed by atoms with Crippen LogP contribution in [0, 0.1) is 10.1 Å². The molecule has 92 valence electrons. The molecule has 0 spiro atoms. The highest BCUT2D eigenvalue weighted by atomic mass is 16.6. The van der Waals surface area contributed by atoms with Crippen molar-refractivity contribution in [3.63, 3.8) is 0 Å². The number of nitro benzene ring substituents is 1. The number of hydrogen-bond acceptors (Lipinski definition) is 5. The molecule has 0 heterocycles.